The molecule has 1 aliphatic rings. The summed E-state index contributed by atoms with van der Waals surface area (Å²) in [6, 6.07) is 10.2. The van der Waals surface area contributed by atoms with Crippen LogP contribution in [0.5, 0.6) is 0 Å². The predicted octanol–water partition coefficient (Wildman–Crippen LogP) is 3.56. The monoisotopic (exact) mass is 403 g/mol. The Labute approximate surface area is 167 Å². The molecule has 8 heteroatoms. The topological polar surface area (TPSA) is 57.0 Å². The van der Waals surface area contributed by atoms with Crippen LogP contribution in [0.3, 0.4) is 0 Å². The van der Waals surface area contributed by atoms with Crippen molar-refractivity contribution in [3.05, 3.63) is 52.8 Å². The van der Waals surface area contributed by atoms with E-state index in [-0.39, 0.29) is 10.7 Å². The zero-order valence-corrected chi connectivity index (χ0v) is 16.7. The van der Waals surface area contributed by atoms with E-state index in [1.165, 1.54) is 15.9 Å². The first-order valence-corrected chi connectivity index (χ1v) is 9.06. The summed E-state index contributed by atoms with van der Waals surface area (Å²) in [5.74, 6) is 0.0886. The largest absolute Gasteiger partial charge is 0.441 e. The van der Waals surface area contributed by atoms with E-state index in [9.17, 15) is 9.59 Å². The molecule has 0 N–H and O–H groups in total. The van der Waals surface area contributed by atoms with Gasteiger partial charge in [0.05, 0.1) is 5.69 Å². The highest BCUT2D eigenvalue weighted by Crippen LogP contribution is 2.28. The first kappa shape index (κ1) is 19.1. The molecular weight excluding hydrogens is 386 g/mol. The van der Waals surface area contributed by atoms with Crippen LogP contribution in [0.2, 0.25) is 5.02 Å². The maximum Gasteiger partial charge on any atom is 0.270 e. The number of carbonyl (C=O) groups is 2. The molecule has 0 spiro atoms. The molecule has 3 rings (SSSR count). The van der Waals surface area contributed by atoms with E-state index in [0.29, 0.717) is 28.9 Å². The molecule has 27 heavy (non-hydrogen) atoms. The van der Waals surface area contributed by atoms with Crippen molar-refractivity contribution in [3.8, 4) is 0 Å². The van der Waals surface area contributed by atoms with Gasteiger partial charge in [-0.2, -0.15) is 0 Å². The lowest BCUT2D eigenvalue weighted by molar-refractivity contribution is -0.127. The maximum atomic E-state index is 13.1. The number of likely N-dealkylation sites (N-methyl/N-ethyl adjacent to an activating group) is 1. The molecule has 0 aliphatic carbocycles. The molecule has 0 radical (unpaired) electrons. The Morgan fingerprint density at radius 2 is 1.78 bits per heavy atom. The first-order valence-electron chi connectivity index (χ1n) is 8.28. The van der Waals surface area contributed by atoms with E-state index in [2.05, 4.69) is 0 Å². The Kier molecular flexibility index (Phi) is 5.34. The SMILES string of the molecule is CCN1C(=O)/C(=C\c2ccc(N(C)C)o2)C(=O)N(c2ccc(Cl)cc2)C1=S. The van der Waals surface area contributed by atoms with Gasteiger partial charge in [0, 0.05) is 31.7 Å². The molecule has 1 aliphatic heterocycles. The Morgan fingerprint density at radius 3 is 2.33 bits per heavy atom. The summed E-state index contributed by atoms with van der Waals surface area (Å²) in [6.45, 7) is 2.14. The van der Waals surface area contributed by atoms with Crippen LogP contribution in [0.1, 0.15) is 12.7 Å². The molecule has 2 amide bonds. The average Bonchev–Trinajstić information content (AvgIpc) is 3.10. The van der Waals surface area contributed by atoms with E-state index in [4.69, 9.17) is 28.2 Å². The van der Waals surface area contributed by atoms with Gasteiger partial charge in [-0.15, -0.1) is 0 Å². The number of anilines is 2. The third-order valence-corrected chi connectivity index (χ3v) is 4.73. The van der Waals surface area contributed by atoms with Gasteiger partial charge in [0.1, 0.15) is 11.3 Å². The molecular formula is C19H18ClN3O3S. The lowest BCUT2D eigenvalue weighted by Gasteiger charge is -2.35. The number of nitrogens with zero attached hydrogens (tertiary/aromatic N) is 3. The molecule has 0 atom stereocenters. The third-order valence-electron chi connectivity index (χ3n) is 4.07. The Morgan fingerprint density at radius 1 is 1.11 bits per heavy atom. The third kappa shape index (κ3) is 3.61. The second-order valence-electron chi connectivity index (χ2n) is 6.08. The Balaban J connectivity index is 2.05. The number of hydrogen-bond acceptors (Lipinski definition) is 5. The van der Waals surface area contributed by atoms with Gasteiger partial charge in [-0.25, -0.2) is 0 Å². The fraction of sp³-hybridized carbons (Fsp3) is 0.211. The van der Waals surface area contributed by atoms with Crippen LogP contribution in [0, 0.1) is 0 Å². The van der Waals surface area contributed by atoms with Crippen LogP contribution in [0.25, 0.3) is 6.08 Å². The summed E-state index contributed by atoms with van der Waals surface area (Å²) in [6.07, 6.45) is 1.45. The number of furan rings is 1. The number of rotatable bonds is 4. The van der Waals surface area contributed by atoms with Gasteiger partial charge in [0.15, 0.2) is 11.0 Å². The maximum absolute atomic E-state index is 13.1. The van der Waals surface area contributed by atoms with E-state index in [1.54, 1.807) is 48.2 Å². The minimum absolute atomic E-state index is 0.0138. The standard InChI is InChI=1S/C19H18ClN3O3S/c1-4-22-17(24)15(11-14-9-10-16(26-14)21(2)3)18(25)23(19(22)27)13-7-5-12(20)6-8-13/h5-11H,4H2,1-3H3/b15-11+. The molecule has 2 heterocycles. The molecule has 140 valence electrons. The summed E-state index contributed by atoms with van der Waals surface area (Å²) in [7, 11) is 3.68. The van der Waals surface area contributed by atoms with Crippen molar-refractivity contribution < 1.29 is 14.0 Å². The quantitative estimate of drug-likeness (QED) is 0.444. The summed E-state index contributed by atoms with van der Waals surface area (Å²) >= 11 is 11.3. The smallest absolute Gasteiger partial charge is 0.270 e. The lowest BCUT2D eigenvalue weighted by Crippen LogP contribution is -2.56. The molecule has 1 aromatic heterocycles. The van der Waals surface area contributed by atoms with E-state index < -0.39 is 11.8 Å². The van der Waals surface area contributed by atoms with E-state index in [0.717, 1.165) is 0 Å². The van der Waals surface area contributed by atoms with Crippen LogP contribution in [-0.4, -0.2) is 42.5 Å². The first-order chi connectivity index (χ1) is 12.8. The van der Waals surface area contributed by atoms with E-state index >= 15 is 0 Å². The van der Waals surface area contributed by atoms with Gasteiger partial charge in [-0.3, -0.25) is 19.4 Å². The number of thiocarbonyl (C=S) groups is 1. The second-order valence-corrected chi connectivity index (χ2v) is 6.88. The summed E-state index contributed by atoms with van der Waals surface area (Å²) in [5, 5.41) is 0.681. The Hall–Kier alpha value is -2.64. The van der Waals surface area contributed by atoms with Gasteiger partial charge < -0.3 is 9.32 Å². The van der Waals surface area contributed by atoms with Crippen molar-refractivity contribution in [2.45, 2.75) is 6.92 Å². The molecule has 1 aromatic carbocycles. The molecule has 6 nitrogen and oxygen atoms in total. The van der Waals surface area contributed by atoms with Crippen LogP contribution < -0.4 is 9.80 Å². The molecule has 2 aromatic rings. The number of amides is 2. The second kappa shape index (κ2) is 7.54. The fourth-order valence-corrected chi connectivity index (χ4v) is 3.20. The van der Waals surface area contributed by atoms with E-state index in [1.807, 2.05) is 14.1 Å². The van der Waals surface area contributed by atoms with Crippen molar-refractivity contribution >= 4 is 58.4 Å². The van der Waals surface area contributed by atoms with Crippen LogP contribution >= 0.6 is 23.8 Å². The van der Waals surface area contributed by atoms with Crippen molar-refractivity contribution in [3.63, 3.8) is 0 Å². The molecule has 1 saturated heterocycles. The minimum atomic E-state index is -0.500. The molecule has 0 bridgehead atoms. The van der Waals surface area contributed by atoms with Crippen LogP contribution in [0.15, 0.2) is 46.4 Å². The summed E-state index contributed by atoms with van der Waals surface area (Å²) < 4.78 is 5.65. The normalized spacial score (nSPS) is 16.4. The van der Waals surface area contributed by atoms with Gasteiger partial charge in [0.2, 0.25) is 0 Å². The van der Waals surface area contributed by atoms with Crippen molar-refractivity contribution in [1.29, 1.82) is 0 Å². The number of hydrogen-bond donors (Lipinski definition) is 0. The predicted molar refractivity (Wildman–Crippen MR) is 110 cm³/mol. The van der Waals surface area contributed by atoms with Crippen LogP contribution in [-0.2, 0) is 9.59 Å². The number of carbonyl (C=O) groups excluding carboxylic acids is 2. The highest BCUT2D eigenvalue weighted by atomic mass is 35.5. The van der Waals surface area contributed by atoms with Gasteiger partial charge in [-0.05, 0) is 55.5 Å². The van der Waals surface area contributed by atoms with Gasteiger partial charge in [-0.1, -0.05) is 11.6 Å². The van der Waals surface area contributed by atoms with Crippen molar-refractivity contribution in [2.75, 3.05) is 30.4 Å². The summed E-state index contributed by atoms with van der Waals surface area (Å²) in [4.78, 5) is 30.4. The molecule has 0 saturated carbocycles. The fourth-order valence-electron chi connectivity index (χ4n) is 2.67. The van der Waals surface area contributed by atoms with Crippen LogP contribution in [0.4, 0.5) is 11.6 Å². The minimum Gasteiger partial charge on any atom is -0.441 e. The summed E-state index contributed by atoms with van der Waals surface area (Å²) in [5.41, 5.74) is 0.528. The molecule has 0 unspecified atom stereocenters. The highest BCUT2D eigenvalue weighted by molar-refractivity contribution is 7.80. The van der Waals surface area contributed by atoms with Crippen molar-refractivity contribution in [2.24, 2.45) is 0 Å². The molecule has 1 fully saturated rings. The number of halogens is 1. The van der Waals surface area contributed by atoms with Gasteiger partial charge >= 0.3 is 0 Å². The highest BCUT2D eigenvalue weighted by Gasteiger charge is 2.39. The Bertz CT molecular complexity index is 934. The zero-order valence-electron chi connectivity index (χ0n) is 15.1. The zero-order chi connectivity index (χ0) is 19.7. The number of benzene rings is 1. The van der Waals surface area contributed by atoms with Crippen molar-refractivity contribution in [1.82, 2.24) is 4.90 Å². The average molecular weight is 404 g/mol. The van der Waals surface area contributed by atoms with Gasteiger partial charge in [0.25, 0.3) is 11.8 Å². The lowest BCUT2D eigenvalue weighted by atomic mass is 10.1.